The Balaban J connectivity index is 3.34. The maximum absolute atomic E-state index is 11.1. The number of nitrogens with one attached hydrogen (secondary N) is 1. The summed E-state index contributed by atoms with van der Waals surface area (Å²) >= 11 is 2.16. The van der Waals surface area contributed by atoms with Crippen LogP contribution in [-0.2, 0) is 5.54 Å². The van der Waals surface area contributed by atoms with Crippen molar-refractivity contribution >= 4 is 28.7 Å². The molecule has 5 heteroatoms. The van der Waals surface area contributed by atoms with Gasteiger partial charge in [-0.3, -0.25) is 0 Å². The number of carbonyl (C=O) groups is 1. The first-order valence-corrected chi connectivity index (χ1v) is 7.00. The summed E-state index contributed by atoms with van der Waals surface area (Å²) in [6.45, 7) is 3.71. The van der Waals surface area contributed by atoms with E-state index >= 15 is 0 Å². The van der Waals surface area contributed by atoms with E-state index in [1.165, 1.54) is 0 Å². The summed E-state index contributed by atoms with van der Waals surface area (Å²) in [5.74, 6) is 0. The molecule has 0 aliphatic heterocycles. The van der Waals surface area contributed by atoms with Gasteiger partial charge in [-0.25, -0.2) is 4.79 Å². The molecule has 0 radical (unpaired) electrons. The van der Waals surface area contributed by atoms with E-state index < -0.39 is 17.7 Å². The van der Waals surface area contributed by atoms with Crippen molar-refractivity contribution in [3.63, 3.8) is 0 Å². The standard InChI is InChI=1S/C13H18INO3/c1-3-11(16)13(4-2,15-12(17)18)9-7-5-6-8-10(9)14/h5-8,11,15-16H,3-4H2,1-2H3,(H,17,18). The van der Waals surface area contributed by atoms with Gasteiger partial charge in [-0.05, 0) is 47.1 Å². The minimum atomic E-state index is -1.12. The van der Waals surface area contributed by atoms with Gasteiger partial charge in [-0.1, -0.05) is 32.0 Å². The molecular weight excluding hydrogens is 345 g/mol. The number of halogens is 1. The molecule has 1 amide bonds. The first-order chi connectivity index (χ1) is 8.47. The zero-order chi connectivity index (χ0) is 13.8. The van der Waals surface area contributed by atoms with Crippen molar-refractivity contribution in [3.05, 3.63) is 33.4 Å². The van der Waals surface area contributed by atoms with Crippen molar-refractivity contribution in [2.24, 2.45) is 0 Å². The molecule has 1 rings (SSSR count). The SMILES string of the molecule is CCC(O)C(CC)(NC(=O)O)c1ccccc1I. The van der Waals surface area contributed by atoms with E-state index in [0.717, 1.165) is 9.13 Å². The van der Waals surface area contributed by atoms with Crippen LogP contribution < -0.4 is 5.32 Å². The maximum atomic E-state index is 11.1. The van der Waals surface area contributed by atoms with E-state index in [0.29, 0.717) is 12.8 Å². The fraction of sp³-hybridized carbons (Fsp3) is 0.462. The third-order valence-electron chi connectivity index (χ3n) is 3.20. The molecule has 1 aromatic rings. The Hall–Kier alpha value is -0.820. The van der Waals surface area contributed by atoms with E-state index in [2.05, 4.69) is 27.9 Å². The Morgan fingerprint density at radius 2 is 2.06 bits per heavy atom. The third kappa shape index (κ3) is 2.95. The zero-order valence-corrected chi connectivity index (χ0v) is 12.6. The van der Waals surface area contributed by atoms with Crippen LogP contribution in [0.3, 0.4) is 0 Å². The second kappa shape index (κ2) is 6.38. The third-order valence-corrected chi connectivity index (χ3v) is 4.14. The molecule has 0 aliphatic carbocycles. The molecule has 0 spiro atoms. The quantitative estimate of drug-likeness (QED) is 0.705. The number of hydrogen-bond donors (Lipinski definition) is 3. The molecule has 0 aromatic heterocycles. The fourth-order valence-electron chi connectivity index (χ4n) is 2.21. The Kier molecular flexibility index (Phi) is 5.40. The van der Waals surface area contributed by atoms with Crippen LogP contribution in [0.15, 0.2) is 24.3 Å². The highest BCUT2D eigenvalue weighted by Gasteiger charge is 2.39. The molecular formula is C13H18INO3. The molecule has 0 saturated carbocycles. The predicted octanol–water partition coefficient (Wildman–Crippen LogP) is 2.94. The Morgan fingerprint density at radius 1 is 1.44 bits per heavy atom. The highest BCUT2D eigenvalue weighted by Crippen LogP contribution is 2.33. The van der Waals surface area contributed by atoms with Gasteiger partial charge in [-0.15, -0.1) is 0 Å². The molecule has 0 saturated heterocycles. The molecule has 2 atom stereocenters. The van der Waals surface area contributed by atoms with E-state index in [9.17, 15) is 9.90 Å². The molecule has 3 N–H and O–H groups in total. The lowest BCUT2D eigenvalue weighted by molar-refractivity contribution is 0.0495. The molecule has 1 aromatic carbocycles. The number of hydrogen-bond acceptors (Lipinski definition) is 2. The summed E-state index contributed by atoms with van der Waals surface area (Å²) < 4.78 is 0.943. The van der Waals surface area contributed by atoms with Crippen LogP contribution in [0.25, 0.3) is 0 Å². The molecule has 4 nitrogen and oxygen atoms in total. The molecule has 2 unspecified atom stereocenters. The summed E-state index contributed by atoms with van der Waals surface area (Å²) in [7, 11) is 0. The number of rotatable bonds is 5. The van der Waals surface area contributed by atoms with E-state index in [4.69, 9.17) is 5.11 Å². The maximum Gasteiger partial charge on any atom is 0.405 e. The number of amides is 1. The first-order valence-electron chi connectivity index (χ1n) is 5.92. The first kappa shape index (κ1) is 15.2. The molecule has 18 heavy (non-hydrogen) atoms. The Bertz CT molecular complexity index is 424. The topological polar surface area (TPSA) is 69.6 Å². The second-order valence-corrected chi connectivity index (χ2v) is 5.32. The van der Waals surface area contributed by atoms with Crippen LogP contribution in [0.4, 0.5) is 4.79 Å². The van der Waals surface area contributed by atoms with Crippen LogP contribution in [0.1, 0.15) is 32.3 Å². The van der Waals surface area contributed by atoms with Crippen LogP contribution in [0.5, 0.6) is 0 Å². The lowest BCUT2D eigenvalue weighted by atomic mass is 9.81. The Morgan fingerprint density at radius 3 is 2.50 bits per heavy atom. The van der Waals surface area contributed by atoms with E-state index in [1.54, 1.807) is 0 Å². The van der Waals surface area contributed by atoms with E-state index in [-0.39, 0.29) is 0 Å². The summed E-state index contributed by atoms with van der Waals surface area (Å²) in [5.41, 5.74) is -0.122. The van der Waals surface area contributed by atoms with Gasteiger partial charge in [0.15, 0.2) is 0 Å². The van der Waals surface area contributed by atoms with Gasteiger partial charge in [0.1, 0.15) is 0 Å². The van der Waals surface area contributed by atoms with Crippen LogP contribution in [0.2, 0.25) is 0 Å². The molecule has 0 bridgehead atoms. The fourth-order valence-corrected chi connectivity index (χ4v) is 3.08. The van der Waals surface area contributed by atoms with Gasteiger partial charge in [0.05, 0.1) is 11.6 Å². The van der Waals surface area contributed by atoms with Crippen molar-refractivity contribution in [1.82, 2.24) is 5.32 Å². The van der Waals surface area contributed by atoms with Gasteiger partial charge < -0.3 is 15.5 Å². The van der Waals surface area contributed by atoms with Crippen molar-refractivity contribution in [3.8, 4) is 0 Å². The largest absolute Gasteiger partial charge is 0.465 e. The Labute approximate surface area is 121 Å². The number of carboxylic acid groups (broad SMARTS) is 1. The average Bonchev–Trinajstić information content (AvgIpc) is 2.35. The number of benzene rings is 1. The minimum absolute atomic E-state index is 0.485. The zero-order valence-electron chi connectivity index (χ0n) is 10.5. The van der Waals surface area contributed by atoms with Crippen LogP contribution in [-0.4, -0.2) is 22.4 Å². The predicted molar refractivity (Wildman–Crippen MR) is 78.6 cm³/mol. The normalized spacial score (nSPS) is 15.8. The highest BCUT2D eigenvalue weighted by molar-refractivity contribution is 14.1. The van der Waals surface area contributed by atoms with E-state index in [1.807, 2.05) is 38.1 Å². The smallest absolute Gasteiger partial charge is 0.405 e. The molecule has 0 heterocycles. The number of aliphatic hydroxyl groups excluding tert-OH is 1. The van der Waals surface area contributed by atoms with Crippen molar-refractivity contribution in [1.29, 1.82) is 0 Å². The van der Waals surface area contributed by atoms with Crippen molar-refractivity contribution in [2.45, 2.75) is 38.3 Å². The van der Waals surface area contributed by atoms with Crippen LogP contribution in [0, 0.1) is 3.57 Å². The van der Waals surface area contributed by atoms with Crippen molar-refractivity contribution < 1.29 is 15.0 Å². The summed E-state index contributed by atoms with van der Waals surface area (Å²) in [5, 5.41) is 21.8. The van der Waals surface area contributed by atoms with Gasteiger partial charge in [-0.2, -0.15) is 0 Å². The lowest BCUT2D eigenvalue weighted by Gasteiger charge is -2.38. The lowest BCUT2D eigenvalue weighted by Crippen LogP contribution is -2.53. The monoisotopic (exact) mass is 363 g/mol. The second-order valence-electron chi connectivity index (χ2n) is 4.16. The average molecular weight is 363 g/mol. The summed E-state index contributed by atoms with van der Waals surface area (Å²) in [4.78, 5) is 11.1. The summed E-state index contributed by atoms with van der Waals surface area (Å²) in [6.07, 6.45) is -0.897. The highest BCUT2D eigenvalue weighted by atomic mass is 127. The molecule has 0 fully saturated rings. The van der Waals surface area contributed by atoms with Gasteiger partial charge in [0.2, 0.25) is 0 Å². The summed E-state index contributed by atoms with van der Waals surface area (Å²) in [6, 6.07) is 7.52. The minimum Gasteiger partial charge on any atom is -0.465 e. The molecule has 100 valence electrons. The van der Waals surface area contributed by atoms with Crippen molar-refractivity contribution in [2.75, 3.05) is 0 Å². The number of aliphatic hydroxyl groups is 1. The molecule has 0 aliphatic rings. The van der Waals surface area contributed by atoms with Gasteiger partial charge in [0, 0.05) is 3.57 Å². The van der Waals surface area contributed by atoms with Gasteiger partial charge >= 0.3 is 6.09 Å². The van der Waals surface area contributed by atoms with Gasteiger partial charge in [0.25, 0.3) is 0 Å². The van der Waals surface area contributed by atoms with Crippen LogP contribution >= 0.6 is 22.6 Å².